The molecule has 0 heterocycles. The van der Waals surface area contributed by atoms with Gasteiger partial charge < -0.3 is 10.4 Å². The van der Waals surface area contributed by atoms with Crippen molar-refractivity contribution in [3.8, 4) is 0 Å². The maximum absolute atomic E-state index is 10.9. The second-order valence-corrected chi connectivity index (χ2v) is 5.55. The standard InChI is InChI=1S/C15H14INO2/c1-10(11-5-7-13(16)8-6-11)17-14-4-2-3-12(9-14)15(18)19/h2-10,17H,1H3,(H,18,19). The fraction of sp³-hybridized carbons (Fsp3) is 0.133. The van der Waals surface area contributed by atoms with Crippen molar-refractivity contribution in [2.24, 2.45) is 0 Å². The Labute approximate surface area is 125 Å². The molecule has 0 aliphatic heterocycles. The molecule has 98 valence electrons. The van der Waals surface area contributed by atoms with Crippen molar-refractivity contribution >= 4 is 34.2 Å². The summed E-state index contributed by atoms with van der Waals surface area (Å²) in [6.45, 7) is 2.05. The second-order valence-electron chi connectivity index (χ2n) is 4.30. The molecule has 0 aliphatic rings. The summed E-state index contributed by atoms with van der Waals surface area (Å²) in [5, 5.41) is 12.3. The summed E-state index contributed by atoms with van der Waals surface area (Å²) in [6, 6.07) is 15.2. The van der Waals surface area contributed by atoms with Crippen molar-refractivity contribution < 1.29 is 9.90 Å². The van der Waals surface area contributed by atoms with Gasteiger partial charge in [-0.2, -0.15) is 0 Å². The molecule has 0 saturated heterocycles. The maximum Gasteiger partial charge on any atom is 0.335 e. The SMILES string of the molecule is CC(Nc1cccc(C(=O)O)c1)c1ccc(I)cc1. The summed E-state index contributed by atoms with van der Waals surface area (Å²) in [6.07, 6.45) is 0. The van der Waals surface area contributed by atoms with Crippen LogP contribution in [0.25, 0.3) is 0 Å². The van der Waals surface area contributed by atoms with Crippen LogP contribution in [0.1, 0.15) is 28.9 Å². The van der Waals surface area contributed by atoms with Gasteiger partial charge in [-0.25, -0.2) is 4.79 Å². The van der Waals surface area contributed by atoms with Gasteiger partial charge in [0.25, 0.3) is 0 Å². The highest BCUT2D eigenvalue weighted by atomic mass is 127. The third-order valence-corrected chi connectivity index (χ3v) is 3.58. The van der Waals surface area contributed by atoms with Gasteiger partial charge in [-0.15, -0.1) is 0 Å². The van der Waals surface area contributed by atoms with Crippen LogP contribution in [0.4, 0.5) is 5.69 Å². The summed E-state index contributed by atoms with van der Waals surface area (Å²) < 4.78 is 1.20. The van der Waals surface area contributed by atoms with E-state index in [0.717, 1.165) is 5.69 Å². The van der Waals surface area contributed by atoms with Crippen molar-refractivity contribution in [1.82, 2.24) is 0 Å². The van der Waals surface area contributed by atoms with Crippen molar-refractivity contribution in [2.75, 3.05) is 5.32 Å². The molecule has 0 aromatic heterocycles. The van der Waals surface area contributed by atoms with Crippen LogP contribution < -0.4 is 5.32 Å². The van der Waals surface area contributed by atoms with Gasteiger partial charge in [-0.1, -0.05) is 18.2 Å². The molecular formula is C15H14INO2. The summed E-state index contributed by atoms with van der Waals surface area (Å²) in [5.74, 6) is -0.912. The minimum absolute atomic E-state index is 0.126. The van der Waals surface area contributed by atoms with Crippen LogP contribution in [0.15, 0.2) is 48.5 Å². The third kappa shape index (κ3) is 3.70. The predicted octanol–water partition coefficient (Wildman–Crippen LogP) is 4.16. The number of anilines is 1. The highest BCUT2D eigenvalue weighted by Gasteiger charge is 2.07. The van der Waals surface area contributed by atoms with E-state index in [4.69, 9.17) is 5.11 Å². The summed E-state index contributed by atoms with van der Waals surface area (Å²) in [7, 11) is 0. The Kier molecular flexibility index (Phi) is 4.42. The first-order valence-electron chi connectivity index (χ1n) is 5.91. The fourth-order valence-electron chi connectivity index (χ4n) is 1.83. The number of benzene rings is 2. The average molecular weight is 367 g/mol. The van der Waals surface area contributed by atoms with Gasteiger partial charge in [-0.05, 0) is 65.4 Å². The predicted molar refractivity (Wildman–Crippen MR) is 84.6 cm³/mol. The Morgan fingerprint density at radius 2 is 1.89 bits per heavy atom. The average Bonchev–Trinajstić information content (AvgIpc) is 2.39. The second kappa shape index (κ2) is 6.06. The Morgan fingerprint density at radius 1 is 1.21 bits per heavy atom. The van der Waals surface area contributed by atoms with E-state index >= 15 is 0 Å². The molecule has 0 spiro atoms. The quantitative estimate of drug-likeness (QED) is 0.798. The van der Waals surface area contributed by atoms with E-state index in [1.54, 1.807) is 18.2 Å². The molecule has 0 amide bonds. The molecule has 1 atom stereocenters. The van der Waals surface area contributed by atoms with Crippen LogP contribution in [-0.4, -0.2) is 11.1 Å². The molecule has 0 fully saturated rings. The van der Waals surface area contributed by atoms with Crippen LogP contribution in [-0.2, 0) is 0 Å². The minimum Gasteiger partial charge on any atom is -0.478 e. The Hall–Kier alpha value is -1.56. The first-order valence-corrected chi connectivity index (χ1v) is 6.99. The zero-order chi connectivity index (χ0) is 13.8. The minimum atomic E-state index is -0.912. The van der Waals surface area contributed by atoms with Crippen LogP contribution in [0.3, 0.4) is 0 Å². The summed E-state index contributed by atoms with van der Waals surface area (Å²) in [4.78, 5) is 10.9. The summed E-state index contributed by atoms with van der Waals surface area (Å²) in [5.41, 5.74) is 2.27. The molecule has 19 heavy (non-hydrogen) atoms. The van der Waals surface area contributed by atoms with Gasteiger partial charge in [0.1, 0.15) is 0 Å². The van der Waals surface area contributed by atoms with Crippen molar-refractivity contribution in [1.29, 1.82) is 0 Å². The molecule has 2 N–H and O–H groups in total. The maximum atomic E-state index is 10.9. The molecule has 1 unspecified atom stereocenters. The van der Waals surface area contributed by atoms with Gasteiger partial charge in [0.2, 0.25) is 0 Å². The van der Waals surface area contributed by atoms with E-state index in [2.05, 4.69) is 59.1 Å². The molecule has 0 saturated carbocycles. The lowest BCUT2D eigenvalue weighted by Crippen LogP contribution is -2.07. The lowest BCUT2D eigenvalue weighted by molar-refractivity contribution is 0.0697. The van der Waals surface area contributed by atoms with Crippen LogP contribution in [0.2, 0.25) is 0 Å². The molecule has 0 aliphatic carbocycles. The lowest BCUT2D eigenvalue weighted by atomic mass is 10.1. The summed E-state index contributed by atoms with van der Waals surface area (Å²) >= 11 is 2.27. The zero-order valence-corrected chi connectivity index (χ0v) is 12.6. The van der Waals surface area contributed by atoms with E-state index in [0.29, 0.717) is 5.56 Å². The van der Waals surface area contributed by atoms with E-state index in [1.165, 1.54) is 9.13 Å². The molecule has 4 heteroatoms. The molecule has 2 aromatic carbocycles. The molecule has 3 nitrogen and oxygen atoms in total. The van der Waals surface area contributed by atoms with Crippen LogP contribution >= 0.6 is 22.6 Å². The van der Waals surface area contributed by atoms with Crippen molar-refractivity contribution in [3.63, 3.8) is 0 Å². The van der Waals surface area contributed by atoms with Gasteiger partial charge in [0, 0.05) is 15.3 Å². The number of hydrogen-bond acceptors (Lipinski definition) is 2. The van der Waals surface area contributed by atoms with E-state index in [-0.39, 0.29) is 6.04 Å². The number of carbonyl (C=O) groups is 1. The molecule has 0 radical (unpaired) electrons. The number of rotatable bonds is 4. The number of aromatic carboxylic acids is 1. The van der Waals surface area contributed by atoms with Crippen molar-refractivity contribution in [3.05, 3.63) is 63.2 Å². The lowest BCUT2D eigenvalue weighted by Gasteiger charge is -2.16. The number of halogens is 1. The van der Waals surface area contributed by atoms with Crippen LogP contribution in [0, 0.1) is 3.57 Å². The molecular weight excluding hydrogens is 353 g/mol. The van der Waals surface area contributed by atoms with E-state index in [1.807, 2.05) is 6.07 Å². The van der Waals surface area contributed by atoms with Gasteiger partial charge in [-0.3, -0.25) is 0 Å². The van der Waals surface area contributed by atoms with Gasteiger partial charge >= 0.3 is 5.97 Å². The zero-order valence-electron chi connectivity index (χ0n) is 10.4. The van der Waals surface area contributed by atoms with E-state index in [9.17, 15) is 4.79 Å². The third-order valence-electron chi connectivity index (χ3n) is 2.86. The number of carboxylic acid groups (broad SMARTS) is 1. The monoisotopic (exact) mass is 367 g/mol. The Bertz CT molecular complexity index is 581. The van der Waals surface area contributed by atoms with Gasteiger partial charge in [0.15, 0.2) is 0 Å². The number of carboxylic acids is 1. The fourth-order valence-corrected chi connectivity index (χ4v) is 2.19. The number of hydrogen-bond donors (Lipinski definition) is 2. The molecule has 2 aromatic rings. The smallest absolute Gasteiger partial charge is 0.335 e. The van der Waals surface area contributed by atoms with E-state index < -0.39 is 5.97 Å². The normalized spacial score (nSPS) is 11.9. The highest BCUT2D eigenvalue weighted by Crippen LogP contribution is 2.20. The van der Waals surface area contributed by atoms with Crippen LogP contribution in [0.5, 0.6) is 0 Å². The van der Waals surface area contributed by atoms with Crippen molar-refractivity contribution in [2.45, 2.75) is 13.0 Å². The number of nitrogens with one attached hydrogen (secondary N) is 1. The Morgan fingerprint density at radius 3 is 2.53 bits per heavy atom. The molecule has 0 bridgehead atoms. The highest BCUT2D eigenvalue weighted by molar-refractivity contribution is 14.1. The van der Waals surface area contributed by atoms with Gasteiger partial charge in [0.05, 0.1) is 5.56 Å². The first-order chi connectivity index (χ1) is 9.06. The first kappa shape index (κ1) is 13.9. The molecule has 2 rings (SSSR count). The Balaban J connectivity index is 2.14. The topological polar surface area (TPSA) is 49.3 Å². The largest absolute Gasteiger partial charge is 0.478 e.